The summed E-state index contributed by atoms with van der Waals surface area (Å²) in [5.41, 5.74) is 6.45. The van der Waals surface area contributed by atoms with Gasteiger partial charge in [-0.2, -0.15) is 0 Å². The maximum absolute atomic E-state index is 13.2. The average molecular weight is 267 g/mol. The molecule has 0 aliphatic carbocycles. The van der Waals surface area contributed by atoms with E-state index in [1.807, 2.05) is 0 Å². The zero-order chi connectivity index (χ0) is 13.7. The summed E-state index contributed by atoms with van der Waals surface area (Å²) in [5.74, 6) is 0.530. The van der Waals surface area contributed by atoms with Gasteiger partial charge in [0, 0.05) is 0 Å². The SMILES string of the molecule is COc1ccc(F)cc1CC[C@H]1CC[C@@H](CCN)O1. The highest BCUT2D eigenvalue weighted by atomic mass is 19.1. The smallest absolute Gasteiger partial charge is 0.123 e. The zero-order valence-electron chi connectivity index (χ0n) is 11.4. The van der Waals surface area contributed by atoms with Gasteiger partial charge in [-0.1, -0.05) is 0 Å². The molecule has 1 aromatic rings. The van der Waals surface area contributed by atoms with Gasteiger partial charge in [0.2, 0.25) is 0 Å². The topological polar surface area (TPSA) is 44.5 Å². The van der Waals surface area contributed by atoms with E-state index in [0.717, 1.165) is 43.4 Å². The lowest BCUT2D eigenvalue weighted by atomic mass is 10.0. The molecule has 1 aliphatic rings. The third kappa shape index (κ3) is 3.91. The quantitative estimate of drug-likeness (QED) is 0.861. The van der Waals surface area contributed by atoms with Gasteiger partial charge in [-0.15, -0.1) is 0 Å². The van der Waals surface area contributed by atoms with E-state index in [4.69, 9.17) is 15.2 Å². The second kappa shape index (κ2) is 6.87. The molecule has 0 amide bonds. The van der Waals surface area contributed by atoms with E-state index in [9.17, 15) is 4.39 Å². The molecule has 0 unspecified atom stereocenters. The van der Waals surface area contributed by atoms with E-state index < -0.39 is 0 Å². The fourth-order valence-electron chi connectivity index (χ4n) is 2.65. The minimum Gasteiger partial charge on any atom is -0.496 e. The lowest BCUT2D eigenvalue weighted by molar-refractivity contribution is 0.0377. The molecular weight excluding hydrogens is 245 g/mol. The monoisotopic (exact) mass is 267 g/mol. The molecule has 106 valence electrons. The number of nitrogens with two attached hydrogens (primary N) is 1. The molecule has 0 saturated carbocycles. The van der Waals surface area contributed by atoms with Gasteiger partial charge in [-0.05, 0) is 62.4 Å². The molecule has 2 rings (SSSR count). The first-order valence-corrected chi connectivity index (χ1v) is 6.91. The average Bonchev–Trinajstić information content (AvgIpc) is 2.85. The second-order valence-corrected chi connectivity index (χ2v) is 5.03. The molecule has 1 saturated heterocycles. The van der Waals surface area contributed by atoms with Gasteiger partial charge in [0.25, 0.3) is 0 Å². The summed E-state index contributed by atoms with van der Waals surface area (Å²) in [6.45, 7) is 0.676. The van der Waals surface area contributed by atoms with Crippen molar-refractivity contribution in [1.82, 2.24) is 0 Å². The summed E-state index contributed by atoms with van der Waals surface area (Å²) in [4.78, 5) is 0. The van der Waals surface area contributed by atoms with Crippen LogP contribution in [-0.4, -0.2) is 25.9 Å². The summed E-state index contributed by atoms with van der Waals surface area (Å²) in [6.07, 6.45) is 5.35. The molecule has 19 heavy (non-hydrogen) atoms. The Hall–Kier alpha value is -1.13. The van der Waals surface area contributed by atoms with Crippen LogP contribution in [0.4, 0.5) is 4.39 Å². The van der Waals surface area contributed by atoms with Gasteiger partial charge >= 0.3 is 0 Å². The molecular formula is C15H22FNO2. The van der Waals surface area contributed by atoms with E-state index in [-0.39, 0.29) is 11.9 Å². The van der Waals surface area contributed by atoms with E-state index in [2.05, 4.69) is 0 Å². The summed E-state index contributed by atoms with van der Waals surface area (Å²) < 4.78 is 24.4. The third-order valence-electron chi connectivity index (χ3n) is 3.66. The number of hydrogen-bond acceptors (Lipinski definition) is 3. The largest absolute Gasteiger partial charge is 0.496 e. The van der Waals surface area contributed by atoms with Gasteiger partial charge in [-0.25, -0.2) is 4.39 Å². The van der Waals surface area contributed by atoms with Crippen LogP contribution in [0, 0.1) is 5.82 Å². The Kier molecular flexibility index (Phi) is 5.16. The molecule has 2 atom stereocenters. The van der Waals surface area contributed by atoms with Gasteiger partial charge in [-0.3, -0.25) is 0 Å². The number of benzene rings is 1. The Morgan fingerprint density at radius 2 is 2.05 bits per heavy atom. The summed E-state index contributed by atoms with van der Waals surface area (Å²) in [6, 6.07) is 4.65. The maximum atomic E-state index is 13.2. The molecule has 2 N–H and O–H groups in total. The number of rotatable bonds is 6. The zero-order valence-corrected chi connectivity index (χ0v) is 11.4. The molecule has 1 heterocycles. The third-order valence-corrected chi connectivity index (χ3v) is 3.66. The Bertz CT molecular complexity index is 411. The molecule has 0 bridgehead atoms. The normalized spacial score (nSPS) is 22.7. The van der Waals surface area contributed by atoms with E-state index >= 15 is 0 Å². The maximum Gasteiger partial charge on any atom is 0.123 e. The summed E-state index contributed by atoms with van der Waals surface area (Å²) >= 11 is 0. The first-order valence-electron chi connectivity index (χ1n) is 6.91. The molecule has 0 radical (unpaired) electrons. The van der Waals surface area contributed by atoms with Crippen molar-refractivity contribution in [2.45, 2.75) is 44.3 Å². The van der Waals surface area contributed by atoms with Crippen LogP contribution in [0.5, 0.6) is 5.75 Å². The molecule has 0 spiro atoms. The van der Waals surface area contributed by atoms with E-state index in [0.29, 0.717) is 12.6 Å². The van der Waals surface area contributed by atoms with Gasteiger partial charge in [0.15, 0.2) is 0 Å². The minimum absolute atomic E-state index is 0.218. The Labute approximate surface area is 113 Å². The van der Waals surface area contributed by atoms with Crippen LogP contribution >= 0.6 is 0 Å². The van der Waals surface area contributed by atoms with Crippen molar-refractivity contribution in [1.29, 1.82) is 0 Å². The fraction of sp³-hybridized carbons (Fsp3) is 0.600. The Morgan fingerprint density at radius 3 is 2.74 bits per heavy atom. The van der Waals surface area contributed by atoms with Crippen LogP contribution in [0.1, 0.15) is 31.2 Å². The van der Waals surface area contributed by atoms with Gasteiger partial charge in [0.05, 0.1) is 19.3 Å². The molecule has 0 aromatic heterocycles. The van der Waals surface area contributed by atoms with Crippen LogP contribution in [0.3, 0.4) is 0 Å². The first-order chi connectivity index (χ1) is 9.22. The second-order valence-electron chi connectivity index (χ2n) is 5.03. The predicted octanol–water partition coefficient (Wildman–Crippen LogP) is 2.66. The highest BCUT2D eigenvalue weighted by Crippen LogP contribution is 2.27. The number of ether oxygens (including phenoxy) is 2. The van der Waals surface area contributed by atoms with Crippen molar-refractivity contribution in [2.75, 3.05) is 13.7 Å². The van der Waals surface area contributed by atoms with E-state index in [1.54, 1.807) is 19.2 Å². The van der Waals surface area contributed by atoms with Gasteiger partial charge < -0.3 is 15.2 Å². The molecule has 3 nitrogen and oxygen atoms in total. The van der Waals surface area contributed by atoms with Crippen LogP contribution in [-0.2, 0) is 11.2 Å². The highest BCUT2D eigenvalue weighted by molar-refractivity contribution is 5.34. The molecule has 1 aliphatic heterocycles. The first kappa shape index (κ1) is 14.3. The molecule has 1 fully saturated rings. The van der Waals surface area contributed by atoms with Crippen molar-refractivity contribution in [3.63, 3.8) is 0 Å². The molecule has 1 aromatic carbocycles. The van der Waals surface area contributed by atoms with Crippen molar-refractivity contribution in [3.8, 4) is 5.75 Å². The van der Waals surface area contributed by atoms with Crippen LogP contribution in [0.25, 0.3) is 0 Å². The highest BCUT2D eigenvalue weighted by Gasteiger charge is 2.24. The predicted molar refractivity (Wildman–Crippen MR) is 72.8 cm³/mol. The summed E-state index contributed by atoms with van der Waals surface area (Å²) in [5, 5.41) is 0. The summed E-state index contributed by atoms with van der Waals surface area (Å²) in [7, 11) is 1.61. The van der Waals surface area contributed by atoms with Crippen molar-refractivity contribution in [3.05, 3.63) is 29.6 Å². The lowest BCUT2D eigenvalue weighted by Crippen LogP contribution is -2.15. The van der Waals surface area contributed by atoms with Crippen LogP contribution in [0.15, 0.2) is 18.2 Å². The Morgan fingerprint density at radius 1 is 1.32 bits per heavy atom. The number of halogens is 1. The number of hydrogen-bond donors (Lipinski definition) is 1. The van der Waals surface area contributed by atoms with Crippen molar-refractivity contribution < 1.29 is 13.9 Å². The number of aryl methyl sites for hydroxylation is 1. The van der Waals surface area contributed by atoms with Gasteiger partial charge in [0.1, 0.15) is 11.6 Å². The fourth-order valence-corrected chi connectivity index (χ4v) is 2.65. The molecule has 4 heteroatoms. The van der Waals surface area contributed by atoms with E-state index in [1.165, 1.54) is 6.07 Å². The lowest BCUT2D eigenvalue weighted by Gasteiger charge is -2.14. The van der Waals surface area contributed by atoms with Crippen LogP contribution < -0.4 is 10.5 Å². The Balaban J connectivity index is 1.87. The minimum atomic E-state index is -0.218. The number of methoxy groups -OCH3 is 1. The van der Waals surface area contributed by atoms with Crippen LogP contribution in [0.2, 0.25) is 0 Å². The van der Waals surface area contributed by atoms with Crippen molar-refractivity contribution in [2.24, 2.45) is 5.73 Å². The standard InChI is InChI=1S/C15H22FNO2/c1-18-15-7-3-12(16)10-11(15)2-4-13-5-6-14(19-13)8-9-17/h3,7,10,13-14H,2,4-6,8-9,17H2,1H3/t13-,14-/m0/s1. The van der Waals surface area contributed by atoms with Crippen molar-refractivity contribution >= 4 is 0 Å².